The van der Waals surface area contributed by atoms with Gasteiger partial charge in [0, 0.05) is 17.7 Å². The summed E-state index contributed by atoms with van der Waals surface area (Å²) in [6.45, 7) is 3.78. The first-order valence-electron chi connectivity index (χ1n) is 5.75. The molecule has 0 N–H and O–H groups in total. The molecular formula is C12H12BrN3O3. The Kier molecular flexibility index (Phi) is 3.94. The van der Waals surface area contributed by atoms with E-state index in [1.807, 2.05) is 6.92 Å². The van der Waals surface area contributed by atoms with Crippen LogP contribution >= 0.6 is 15.9 Å². The van der Waals surface area contributed by atoms with Crippen molar-refractivity contribution < 1.29 is 9.34 Å². The minimum absolute atomic E-state index is 0.0205. The fraction of sp³-hybridized carbons (Fsp3) is 0.333. The second-order valence-electron chi connectivity index (χ2n) is 4.08. The fourth-order valence-electron chi connectivity index (χ4n) is 1.65. The van der Waals surface area contributed by atoms with Crippen molar-refractivity contribution in [2.45, 2.75) is 25.1 Å². The molecule has 0 radical (unpaired) electrons. The minimum Gasteiger partial charge on any atom is -0.419 e. The molecule has 1 heterocycles. The molecule has 0 aliphatic carbocycles. The predicted octanol–water partition coefficient (Wildman–Crippen LogP) is 3.80. The van der Waals surface area contributed by atoms with Crippen LogP contribution < -0.4 is 0 Å². The fourth-order valence-corrected chi connectivity index (χ4v) is 1.83. The molecule has 0 spiro atoms. The first-order valence-corrected chi connectivity index (χ1v) is 6.67. The number of rotatable bonds is 4. The normalized spacial score (nSPS) is 12.4. The summed E-state index contributed by atoms with van der Waals surface area (Å²) in [5.74, 6) is 0.885. The Bertz CT molecular complexity index is 612. The van der Waals surface area contributed by atoms with Gasteiger partial charge in [0.25, 0.3) is 5.69 Å². The van der Waals surface area contributed by atoms with Gasteiger partial charge in [-0.2, -0.15) is 0 Å². The zero-order valence-corrected chi connectivity index (χ0v) is 12.0. The molecule has 2 rings (SSSR count). The average Bonchev–Trinajstić information content (AvgIpc) is 2.87. The van der Waals surface area contributed by atoms with Gasteiger partial charge < -0.3 is 4.42 Å². The van der Waals surface area contributed by atoms with E-state index in [-0.39, 0.29) is 10.5 Å². The summed E-state index contributed by atoms with van der Waals surface area (Å²) < 4.78 is 5.56. The van der Waals surface area contributed by atoms with Gasteiger partial charge in [-0.25, -0.2) is 0 Å². The highest BCUT2D eigenvalue weighted by molar-refractivity contribution is 9.09. The van der Waals surface area contributed by atoms with E-state index in [1.54, 1.807) is 13.0 Å². The number of nitrogens with zero attached hydrogens (tertiary/aromatic N) is 3. The van der Waals surface area contributed by atoms with Crippen LogP contribution in [0.4, 0.5) is 5.69 Å². The second kappa shape index (κ2) is 5.48. The number of aryl methyl sites for hydroxylation is 1. The number of aromatic nitrogens is 2. The second-order valence-corrected chi connectivity index (χ2v) is 5.18. The predicted molar refractivity (Wildman–Crippen MR) is 73.1 cm³/mol. The summed E-state index contributed by atoms with van der Waals surface area (Å²) >= 11 is 3.43. The Hall–Kier alpha value is -1.76. The van der Waals surface area contributed by atoms with E-state index in [1.165, 1.54) is 12.1 Å². The average molecular weight is 326 g/mol. The molecule has 2 aromatic rings. The van der Waals surface area contributed by atoms with E-state index < -0.39 is 4.92 Å². The molecule has 0 saturated heterocycles. The van der Waals surface area contributed by atoms with Crippen molar-refractivity contribution in [1.82, 2.24) is 10.2 Å². The lowest BCUT2D eigenvalue weighted by Gasteiger charge is -2.01. The van der Waals surface area contributed by atoms with E-state index in [0.717, 1.165) is 12.0 Å². The molecule has 1 unspecified atom stereocenters. The number of nitro benzene ring substituents is 1. The first kappa shape index (κ1) is 13.7. The highest BCUT2D eigenvalue weighted by Gasteiger charge is 2.17. The molecule has 19 heavy (non-hydrogen) atoms. The van der Waals surface area contributed by atoms with Gasteiger partial charge >= 0.3 is 0 Å². The van der Waals surface area contributed by atoms with E-state index in [0.29, 0.717) is 17.3 Å². The Morgan fingerprint density at radius 2 is 2.21 bits per heavy atom. The van der Waals surface area contributed by atoms with Crippen molar-refractivity contribution in [3.63, 3.8) is 0 Å². The number of alkyl halides is 1. The monoisotopic (exact) mass is 325 g/mol. The molecule has 1 atom stereocenters. The van der Waals surface area contributed by atoms with Crippen molar-refractivity contribution in [2.24, 2.45) is 0 Å². The summed E-state index contributed by atoms with van der Waals surface area (Å²) in [7, 11) is 0. The van der Waals surface area contributed by atoms with Crippen LogP contribution in [0, 0.1) is 17.0 Å². The van der Waals surface area contributed by atoms with Crippen molar-refractivity contribution >= 4 is 21.6 Å². The molecule has 100 valence electrons. The van der Waals surface area contributed by atoms with Crippen LogP contribution in [0.3, 0.4) is 0 Å². The van der Waals surface area contributed by atoms with Gasteiger partial charge in [-0.3, -0.25) is 10.1 Å². The molecule has 6 nitrogen and oxygen atoms in total. The number of hydrogen-bond donors (Lipinski definition) is 0. The smallest absolute Gasteiger partial charge is 0.269 e. The van der Waals surface area contributed by atoms with E-state index in [2.05, 4.69) is 26.1 Å². The highest BCUT2D eigenvalue weighted by atomic mass is 79.9. The SMILES string of the molecule is CCC(Br)c1nnc(-c2ccc([N+](=O)[O-])cc2C)o1. The molecule has 0 aliphatic rings. The van der Waals surface area contributed by atoms with E-state index in [4.69, 9.17) is 4.42 Å². The first-order chi connectivity index (χ1) is 9.02. The van der Waals surface area contributed by atoms with Crippen molar-refractivity contribution in [2.75, 3.05) is 0 Å². The minimum atomic E-state index is -0.429. The van der Waals surface area contributed by atoms with Crippen LogP contribution in [-0.2, 0) is 0 Å². The number of hydrogen-bond acceptors (Lipinski definition) is 5. The molecule has 0 saturated carbocycles. The lowest BCUT2D eigenvalue weighted by molar-refractivity contribution is -0.384. The van der Waals surface area contributed by atoms with Crippen LogP contribution in [0.2, 0.25) is 0 Å². The summed E-state index contributed by atoms with van der Waals surface area (Å²) in [6.07, 6.45) is 0.834. The van der Waals surface area contributed by atoms with Gasteiger partial charge in [0.15, 0.2) is 0 Å². The number of non-ortho nitro benzene ring substituents is 1. The zero-order valence-electron chi connectivity index (χ0n) is 10.5. The van der Waals surface area contributed by atoms with E-state index >= 15 is 0 Å². The molecule has 0 fully saturated rings. The van der Waals surface area contributed by atoms with Crippen molar-refractivity contribution in [1.29, 1.82) is 0 Å². The third kappa shape index (κ3) is 2.81. The molecule has 0 aliphatic heterocycles. The Balaban J connectivity index is 2.37. The van der Waals surface area contributed by atoms with Crippen molar-refractivity contribution in [3.05, 3.63) is 39.8 Å². The van der Waals surface area contributed by atoms with Gasteiger partial charge in [0.2, 0.25) is 11.8 Å². The molecule has 7 heteroatoms. The Morgan fingerprint density at radius 3 is 2.79 bits per heavy atom. The maximum Gasteiger partial charge on any atom is 0.269 e. The van der Waals surface area contributed by atoms with Gasteiger partial charge in [-0.05, 0) is 25.0 Å². The van der Waals surface area contributed by atoms with Crippen LogP contribution in [0.5, 0.6) is 0 Å². The van der Waals surface area contributed by atoms with Gasteiger partial charge in [-0.1, -0.05) is 22.9 Å². The van der Waals surface area contributed by atoms with Gasteiger partial charge in [0.05, 0.1) is 9.75 Å². The molecule has 0 amide bonds. The Labute approximate surface area is 118 Å². The summed E-state index contributed by atoms with van der Waals surface area (Å²) in [5.41, 5.74) is 1.49. The van der Waals surface area contributed by atoms with Gasteiger partial charge in [-0.15, -0.1) is 10.2 Å². The largest absolute Gasteiger partial charge is 0.419 e. The topological polar surface area (TPSA) is 82.1 Å². The van der Waals surface area contributed by atoms with Crippen LogP contribution in [0.1, 0.15) is 29.6 Å². The van der Waals surface area contributed by atoms with Crippen LogP contribution in [0.15, 0.2) is 22.6 Å². The lowest BCUT2D eigenvalue weighted by atomic mass is 10.1. The van der Waals surface area contributed by atoms with Crippen molar-refractivity contribution in [3.8, 4) is 11.5 Å². The maximum atomic E-state index is 10.7. The molecule has 0 bridgehead atoms. The Morgan fingerprint density at radius 1 is 1.47 bits per heavy atom. The standard InChI is InChI=1S/C12H12BrN3O3/c1-3-10(13)12-15-14-11(19-12)9-5-4-8(16(17)18)6-7(9)2/h4-6,10H,3H2,1-2H3. The molecule has 1 aromatic heterocycles. The third-order valence-electron chi connectivity index (χ3n) is 2.72. The van der Waals surface area contributed by atoms with Crippen LogP contribution in [0.25, 0.3) is 11.5 Å². The van der Waals surface area contributed by atoms with Crippen LogP contribution in [-0.4, -0.2) is 15.1 Å². The van der Waals surface area contributed by atoms with Gasteiger partial charge in [0.1, 0.15) is 0 Å². The summed E-state index contributed by atoms with van der Waals surface area (Å²) in [4.78, 5) is 10.3. The zero-order chi connectivity index (χ0) is 14.0. The summed E-state index contributed by atoms with van der Waals surface area (Å²) in [5, 5.41) is 18.6. The molecular weight excluding hydrogens is 314 g/mol. The quantitative estimate of drug-likeness (QED) is 0.485. The molecule has 1 aromatic carbocycles. The number of nitro groups is 1. The maximum absolute atomic E-state index is 10.7. The third-order valence-corrected chi connectivity index (χ3v) is 3.76. The van der Waals surface area contributed by atoms with E-state index in [9.17, 15) is 10.1 Å². The lowest BCUT2D eigenvalue weighted by Crippen LogP contribution is -1.90. The highest BCUT2D eigenvalue weighted by Crippen LogP contribution is 2.30. The number of halogens is 1. The number of benzene rings is 1. The summed E-state index contributed by atoms with van der Waals surface area (Å²) in [6, 6.07) is 4.54.